The Morgan fingerprint density at radius 2 is 2.03 bits per heavy atom. The van der Waals surface area contributed by atoms with Crippen LogP contribution in [0.15, 0.2) is 24.3 Å². The third-order valence-electron chi connectivity index (χ3n) is 6.01. The normalized spacial score (nSPS) is 17.0. The van der Waals surface area contributed by atoms with E-state index in [2.05, 4.69) is 16.3 Å². The maximum atomic E-state index is 13.3. The van der Waals surface area contributed by atoms with Crippen molar-refractivity contribution >= 4 is 11.7 Å². The maximum Gasteiger partial charge on any atom is 0.239 e. The molecule has 1 amide bonds. The number of aliphatic hydroxyl groups is 1. The van der Waals surface area contributed by atoms with Crippen molar-refractivity contribution in [3.63, 3.8) is 0 Å². The van der Waals surface area contributed by atoms with E-state index in [9.17, 15) is 19.6 Å². The topological polar surface area (TPSA) is 81.3 Å². The number of halogens is 1. The number of carbonyl (C=O) groups excluding carboxylic acids is 1. The first kappa shape index (κ1) is 22.0. The Balaban J connectivity index is 1.81. The van der Waals surface area contributed by atoms with Gasteiger partial charge in [0.25, 0.3) is 0 Å². The van der Waals surface area contributed by atoms with Crippen LogP contribution in [0.4, 0.5) is 10.2 Å². The Labute approximate surface area is 176 Å². The summed E-state index contributed by atoms with van der Waals surface area (Å²) in [5, 5.41) is 22.0. The van der Waals surface area contributed by atoms with Crippen LogP contribution in [-0.4, -0.2) is 46.2 Å². The van der Waals surface area contributed by atoms with Gasteiger partial charge in [-0.25, -0.2) is 4.39 Å². The molecule has 0 bridgehead atoms. The summed E-state index contributed by atoms with van der Waals surface area (Å²) in [5.41, 5.74) is 3.05. The molecule has 1 aliphatic rings. The summed E-state index contributed by atoms with van der Waals surface area (Å²) in [6.45, 7) is 5.39. The summed E-state index contributed by atoms with van der Waals surface area (Å²) in [6.07, 6.45) is 3.80. The van der Waals surface area contributed by atoms with E-state index in [1.165, 1.54) is 12.1 Å². The molecule has 2 N–H and O–H groups in total. The van der Waals surface area contributed by atoms with E-state index in [1.807, 2.05) is 18.4 Å². The van der Waals surface area contributed by atoms with Crippen molar-refractivity contribution in [1.29, 1.82) is 5.26 Å². The van der Waals surface area contributed by atoms with Crippen LogP contribution >= 0.6 is 0 Å². The van der Waals surface area contributed by atoms with Crippen LogP contribution in [0.1, 0.15) is 48.1 Å². The van der Waals surface area contributed by atoms with Crippen LogP contribution in [0.2, 0.25) is 0 Å². The molecule has 3 rings (SSSR count). The lowest BCUT2D eigenvalue weighted by Crippen LogP contribution is -2.44. The average molecular weight is 413 g/mol. The molecule has 1 unspecified atom stereocenters. The van der Waals surface area contributed by atoms with Crippen molar-refractivity contribution in [3.8, 4) is 6.07 Å². The van der Waals surface area contributed by atoms with E-state index >= 15 is 0 Å². The molecule has 2 heterocycles. The first-order valence-corrected chi connectivity index (χ1v) is 10.4. The van der Waals surface area contributed by atoms with Crippen molar-refractivity contribution in [1.82, 2.24) is 9.47 Å². The third-order valence-corrected chi connectivity index (χ3v) is 6.01. The summed E-state index contributed by atoms with van der Waals surface area (Å²) in [4.78, 5) is 15.0. The van der Waals surface area contributed by atoms with E-state index in [4.69, 9.17) is 0 Å². The second-order valence-electron chi connectivity index (χ2n) is 7.94. The summed E-state index contributed by atoms with van der Waals surface area (Å²) >= 11 is 0. The second-order valence-corrected chi connectivity index (χ2v) is 7.94. The number of likely N-dealkylation sites (tertiary alicyclic amines) is 1. The molecule has 30 heavy (non-hydrogen) atoms. The molecule has 2 aromatic rings. The number of nitrogens with one attached hydrogen (secondary N) is 1. The van der Waals surface area contributed by atoms with Crippen LogP contribution < -0.4 is 5.32 Å². The molecule has 0 spiro atoms. The molecule has 0 saturated carbocycles. The minimum atomic E-state index is -0.302. The maximum absolute atomic E-state index is 13.3. The molecule has 1 aromatic carbocycles. The predicted molar refractivity (Wildman–Crippen MR) is 114 cm³/mol. The monoisotopic (exact) mass is 412 g/mol. The number of aromatic nitrogens is 1. The molecule has 7 heteroatoms. The fourth-order valence-electron chi connectivity index (χ4n) is 4.20. The van der Waals surface area contributed by atoms with Crippen molar-refractivity contribution in [2.45, 2.75) is 52.1 Å². The van der Waals surface area contributed by atoms with Gasteiger partial charge in [0.1, 0.15) is 17.7 Å². The minimum absolute atomic E-state index is 0.111. The number of hydrogen-bond acceptors (Lipinski definition) is 4. The highest BCUT2D eigenvalue weighted by atomic mass is 19.1. The summed E-state index contributed by atoms with van der Waals surface area (Å²) in [5.74, 6) is 0.0103. The highest BCUT2D eigenvalue weighted by Gasteiger charge is 2.25. The zero-order valence-corrected chi connectivity index (χ0v) is 17.6. The standard InChI is InChI=1S/C23H29FN4O2/c1-16-17(2)28(14-18-6-8-19(24)9-7-18)23(21(16)13-25)26-22(30)15-27-11-4-3-5-20(27)10-12-29/h6-9,20,29H,3-5,10-12,14-15H2,1-2H3,(H,26,30). The van der Waals surface area contributed by atoms with Crippen LogP contribution in [0.5, 0.6) is 0 Å². The Hall–Kier alpha value is -2.69. The van der Waals surface area contributed by atoms with Gasteiger partial charge in [0, 0.05) is 24.9 Å². The van der Waals surface area contributed by atoms with E-state index in [1.54, 1.807) is 12.1 Å². The number of carbonyl (C=O) groups is 1. The zero-order chi connectivity index (χ0) is 21.7. The molecule has 0 aliphatic carbocycles. The van der Waals surface area contributed by atoms with E-state index in [-0.39, 0.29) is 30.9 Å². The summed E-state index contributed by atoms with van der Waals surface area (Å²) in [6, 6.07) is 8.64. The largest absolute Gasteiger partial charge is 0.396 e. The molecule has 160 valence electrons. The van der Waals surface area contributed by atoms with Gasteiger partial charge < -0.3 is 15.0 Å². The highest BCUT2D eigenvalue weighted by molar-refractivity contribution is 5.93. The van der Waals surface area contributed by atoms with Gasteiger partial charge in [0.15, 0.2) is 0 Å². The lowest BCUT2D eigenvalue weighted by atomic mass is 10.00. The number of benzene rings is 1. The van der Waals surface area contributed by atoms with Gasteiger partial charge in [-0.2, -0.15) is 5.26 Å². The first-order valence-electron chi connectivity index (χ1n) is 10.4. The SMILES string of the molecule is Cc1c(C#N)c(NC(=O)CN2CCCCC2CCO)n(Cc2ccc(F)cc2)c1C. The molecule has 1 fully saturated rings. The van der Waals surface area contributed by atoms with E-state index in [0.717, 1.165) is 42.6 Å². The molecular formula is C23H29FN4O2. The zero-order valence-electron chi connectivity index (χ0n) is 17.6. The van der Waals surface area contributed by atoms with Crippen molar-refractivity contribution < 1.29 is 14.3 Å². The van der Waals surface area contributed by atoms with Crippen LogP contribution in [0.3, 0.4) is 0 Å². The molecular weight excluding hydrogens is 383 g/mol. The van der Waals surface area contributed by atoms with Crippen LogP contribution in [0.25, 0.3) is 0 Å². The number of nitriles is 1. The van der Waals surface area contributed by atoms with Gasteiger partial charge in [-0.1, -0.05) is 18.6 Å². The highest BCUT2D eigenvalue weighted by Crippen LogP contribution is 2.28. The number of anilines is 1. The quantitative estimate of drug-likeness (QED) is 0.731. The summed E-state index contributed by atoms with van der Waals surface area (Å²) < 4.78 is 15.2. The number of rotatable bonds is 7. The van der Waals surface area contributed by atoms with Crippen LogP contribution in [-0.2, 0) is 11.3 Å². The average Bonchev–Trinajstić information content (AvgIpc) is 2.95. The van der Waals surface area contributed by atoms with Crippen molar-refractivity contribution in [2.75, 3.05) is 25.0 Å². The van der Waals surface area contributed by atoms with Crippen LogP contribution in [0, 0.1) is 31.0 Å². The molecule has 0 radical (unpaired) electrons. The van der Waals surface area contributed by atoms with Crippen molar-refractivity contribution in [3.05, 3.63) is 52.5 Å². The predicted octanol–water partition coefficient (Wildman–Crippen LogP) is 3.34. The van der Waals surface area contributed by atoms with Gasteiger partial charge in [0.2, 0.25) is 5.91 Å². The molecule has 6 nitrogen and oxygen atoms in total. The fourth-order valence-corrected chi connectivity index (χ4v) is 4.20. The minimum Gasteiger partial charge on any atom is -0.396 e. The Kier molecular flexibility index (Phi) is 7.24. The second kappa shape index (κ2) is 9.88. The molecule has 1 aromatic heterocycles. The number of aliphatic hydroxyl groups excluding tert-OH is 1. The van der Waals surface area contributed by atoms with E-state index in [0.29, 0.717) is 24.3 Å². The van der Waals surface area contributed by atoms with E-state index < -0.39 is 0 Å². The molecule has 1 aliphatic heterocycles. The Bertz CT molecular complexity index is 928. The van der Waals surface area contributed by atoms with Gasteiger partial charge in [-0.3, -0.25) is 9.69 Å². The summed E-state index contributed by atoms with van der Waals surface area (Å²) in [7, 11) is 0. The van der Waals surface area contributed by atoms with Gasteiger partial charge in [0.05, 0.1) is 12.1 Å². The lowest BCUT2D eigenvalue weighted by Gasteiger charge is -2.34. The van der Waals surface area contributed by atoms with Crippen molar-refractivity contribution in [2.24, 2.45) is 0 Å². The van der Waals surface area contributed by atoms with Gasteiger partial charge in [-0.05, 0) is 62.9 Å². The molecule has 1 atom stereocenters. The smallest absolute Gasteiger partial charge is 0.239 e. The van der Waals surface area contributed by atoms with Gasteiger partial charge in [-0.15, -0.1) is 0 Å². The Morgan fingerprint density at radius 1 is 1.30 bits per heavy atom. The number of piperidine rings is 1. The number of hydrogen-bond donors (Lipinski definition) is 2. The molecule has 1 saturated heterocycles. The number of amides is 1. The number of nitrogens with zero attached hydrogens (tertiary/aromatic N) is 3. The first-order chi connectivity index (χ1) is 14.4. The fraction of sp³-hybridized carbons (Fsp3) is 0.478. The third kappa shape index (κ3) is 4.89. The lowest BCUT2D eigenvalue weighted by molar-refractivity contribution is -0.118. The Morgan fingerprint density at radius 3 is 2.70 bits per heavy atom. The van der Waals surface area contributed by atoms with Gasteiger partial charge >= 0.3 is 0 Å².